The molecule has 0 saturated carbocycles. The molecule has 3 nitrogen and oxygen atoms in total. The zero-order valence-electron chi connectivity index (χ0n) is 6.66. The number of nitrogens with zero attached hydrogens (tertiary/aromatic N) is 3. The van der Waals surface area contributed by atoms with Gasteiger partial charge in [0.25, 0.3) is 0 Å². The van der Waals surface area contributed by atoms with E-state index in [1.54, 1.807) is 18.6 Å². The molecule has 0 aromatic rings. The van der Waals surface area contributed by atoms with Crippen molar-refractivity contribution in [3.8, 4) is 0 Å². The van der Waals surface area contributed by atoms with Crippen LogP contribution in [-0.4, -0.2) is 23.9 Å². The Hall–Kier alpha value is -0.510. The minimum absolute atomic E-state index is 0. The molecule has 2 aliphatic rings. The highest BCUT2D eigenvalue weighted by Crippen LogP contribution is 2.09. The van der Waals surface area contributed by atoms with Crippen molar-refractivity contribution in [1.82, 2.24) is 4.90 Å². The van der Waals surface area contributed by atoms with Crippen molar-refractivity contribution in [2.45, 2.75) is 0 Å². The number of aliphatic imine (C=N–C) groups is 2. The van der Waals surface area contributed by atoms with Crippen LogP contribution in [0.4, 0.5) is 0 Å². The van der Waals surface area contributed by atoms with E-state index in [0.717, 1.165) is 12.2 Å². The molecule has 0 atom stereocenters. The van der Waals surface area contributed by atoms with E-state index in [0.29, 0.717) is 0 Å². The topological polar surface area (TPSA) is 28.0 Å². The lowest BCUT2D eigenvalue weighted by molar-refractivity contribution is 0.550. The summed E-state index contributed by atoms with van der Waals surface area (Å²) >= 11 is 0. The van der Waals surface area contributed by atoms with Gasteiger partial charge in [-0.15, -0.1) is 37.2 Å². The summed E-state index contributed by atoms with van der Waals surface area (Å²) in [4.78, 5) is 10.1. The van der Waals surface area contributed by atoms with Gasteiger partial charge in [0.2, 0.25) is 0 Å². The molecule has 74 valence electrons. The molecule has 6 heteroatoms. The van der Waals surface area contributed by atoms with Crippen LogP contribution in [0.3, 0.4) is 0 Å². The normalized spacial score (nSPS) is 16.0. The molecular weight excluding hydrogens is 232 g/mol. The second-order valence-electron chi connectivity index (χ2n) is 2.11. The molecule has 13 heavy (non-hydrogen) atoms. The molecular formula is C7H10Cl3N3. The molecule has 2 aliphatic heterocycles. The first kappa shape index (κ1) is 15.0. The Bertz CT molecular complexity index is 258. The van der Waals surface area contributed by atoms with Crippen molar-refractivity contribution in [3.63, 3.8) is 0 Å². The number of hydrogen-bond donors (Lipinski definition) is 0. The van der Waals surface area contributed by atoms with Crippen LogP contribution >= 0.6 is 37.2 Å². The standard InChI is InChI=1S/C7H7N3.3ClH/c1-3-10-4-2-9-6-7(10)5-8-1;;;/h1-3,5-6H,4H2;3*1H. The summed E-state index contributed by atoms with van der Waals surface area (Å²) in [6.07, 6.45) is 9.19. The highest BCUT2D eigenvalue weighted by atomic mass is 35.5. The zero-order valence-corrected chi connectivity index (χ0v) is 9.11. The third-order valence-corrected chi connectivity index (χ3v) is 1.46. The maximum atomic E-state index is 4.01. The van der Waals surface area contributed by atoms with Gasteiger partial charge in [0.05, 0.1) is 24.7 Å². The minimum Gasteiger partial charge on any atom is -0.339 e. The molecule has 0 bridgehead atoms. The maximum Gasteiger partial charge on any atom is 0.0781 e. The highest BCUT2D eigenvalue weighted by molar-refractivity contribution is 5.86. The van der Waals surface area contributed by atoms with Crippen molar-refractivity contribution >= 4 is 49.7 Å². The van der Waals surface area contributed by atoms with Gasteiger partial charge in [-0.1, -0.05) is 0 Å². The number of hydrogen-bond acceptors (Lipinski definition) is 3. The number of fused-ring (bicyclic) bond motifs is 1. The Labute approximate surface area is 95.5 Å². The Morgan fingerprint density at radius 1 is 1.15 bits per heavy atom. The molecule has 0 spiro atoms. The summed E-state index contributed by atoms with van der Waals surface area (Å²) in [5.41, 5.74) is 1.06. The van der Waals surface area contributed by atoms with Crippen molar-refractivity contribution in [1.29, 1.82) is 0 Å². The van der Waals surface area contributed by atoms with Crippen LogP contribution in [0.15, 0.2) is 34.3 Å². The molecule has 0 fully saturated rings. The molecule has 0 aromatic carbocycles. The van der Waals surface area contributed by atoms with Gasteiger partial charge in [0, 0.05) is 18.6 Å². The SMILES string of the molecule is C1=CN2CC=NC=C2C=N1.Cl.Cl.Cl. The van der Waals surface area contributed by atoms with Gasteiger partial charge < -0.3 is 4.90 Å². The van der Waals surface area contributed by atoms with Gasteiger partial charge in [-0.2, -0.15) is 0 Å². The predicted molar refractivity (Wildman–Crippen MR) is 62.7 cm³/mol. The summed E-state index contributed by atoms with van der Waals surface area (Å²) in [6, 6.07) is 0. The first-order valence-electron chi connectivity index (χ1n) is 3.15. The largest absolute Gasteiger partial charge is 0.339 e. The van der Waals surface area contributed by atoms with Crippen LogP contribution in [0.2, 0.25) is 0 Å². The van der Waals surface area contributed by atoms with E-state index in [1.165, 1.54) is 0 Å². The average Bonchev–Trinajstić information content (AvgIpc) is 2.05. The lowest BCUT2D eigenvalue weighted by Crippen LogP contribution is -2.23. The molecule has 2 heterocycles. The van der Waals surface area contributed by atoms with Crippen LogP contribution < -0.4 is 0 Å². The number of halogens is 3. The number of allylic oxidation sites excluding steroid dienone is 1. The smallest absolute Gasteiger partial charge is 0.0781 e. The molecule has 0 amide bonds. The Balaban J connectivity index is 0. The van der Waals surface area contributed by atoms with E-state index >= 15 is 0 Å². The molecule has 0 unspecified atom stereocenters. The second kappa shape index (κ2) is 6.95. The van der Waals surface area contributed by atoms with Crippen LogP contribution in [0, 0.1) is 0 Å². The summed E-state index contributed by atoms with van der Waals surface area (Å²) < 4.78 is 0. The van der Waals surface area contributed by atoms with E-state index in [1.807, 2.05) is 12.4 Å². The molecule has 0 saturated heterocycles. The van der Waals surface area contributed by atoms with Crippen molar-refractivity contribution < 1.29 is 0 Å². The molecule has 2 rings (SSSR count). The van der Waals surface area contributed by atoms with Gasteiger partial charge in [-0.3, -0.25) is 9.98 Å². The monoisotopic (exact) mass is 241 g/mol. The molecule has 0 aromatic heterocycles. The lowest BCUT2D eigenvalue weighted by atomic mass is 10.3. The van der Waals surface area contributed by atoms with Crippen LogP contribution in [0.5, 0.6) is 0 Å². The third kappa shape index (κ3) is 3.38. The van der Waals surface area contributed by atoms with Gasteiger partial charge in [-0.25, -0.2) is 0 Å². The Kier molecular flexibility index (Phi) is 8.01. The first-order valence-corrected chi connectivity index (χ1v) is 3.15. The predicted octanol–water partition coefficient (Wildman–Crippen LogP) is 2.04. The Morgan fingerprint density at radius 3 is 2.62 bits per heavy atom. The second-order valence-corrected chi connectivity index (χ2v) is 2.11. The fourth-order valence-corrected chi connectivity index (χ4v) is 0.937. The molecule has 0 radical (unpaired) electrons. The van der Waals surface area contributed by atoms with E-state index < -0.39 is 0 Å². The van der Waals surface area contributed by atoms with Crippen molar-refractivity contribution in [3.05, 3.63) is 24.3 Å². The van der Waals surface area contributed by atoms with E-state index in [9.17, 15) is 0 Å². The fraction of sp³-hybridized carbons (Fsp3) is 0.143. The van der Waals surface area contributed by atoms with E-state index in [4.69, 9.17) is 0 Å². The summed E-state index contributed by atoms with van der Waals surface area (Å²) in [6.45, 7) is 0.856. The summed E-state index contributed by atoms with van der Waals surface area (Å²) in [5, 5.41) is 0. The maximum absolute atomic E-state index is 4.01. The summed E-state index contributed by atoms with van der Waals surface area (Å²) in [5.74, 6) is 0. The van der Waals surface area contributed by atoms with Gasteiger partial charge in [0.15, 0.2) is 0 Å². The van der Waals surface area contributed by atoms with Gasteiger partial charge >= 0.3 is 0 Å². The Morgan fingerprint density at radius 2 is 1.92 bits per heavy atom. The van der Waals surface area contributed by atoms with E-state index in [2.05, 4.69) is 14.9 Å². The fourth-order valence-electron chi connectivity index (χ4n) is 0.937. The molecule has 0 N–H and O–H groups in total. The van der Waals surface area contributed by atoms with Crippen LogP contribution in [0.1, 0.15) is 0 Å². The van der Waals surface area contributed by atoms with Crippen LogP contribution in [-0.2, 0) is 0 Å². The van der Waals surface area contributed by atoms with Gasteiger partial charge in [0.1, 0.15) is 0 Å². The highest BCUT2D eigenvalue weighted by Gasteiger charge is 2.07. The number of rotatable bonds is 0. The third-order valence-electron chi connectivity index (χ3n) is 1.46. The van der Waals surface area contributed by atoms with Crippen molar-refractivity contribution in [2.75, 3.05) is 6.54 Å². The van der Waals surface area contributed by atoms with Gasteiger partial charge in [-0.05, 0) is 0 Å². The van der Waals surface area contributed by atoms with Crippen molar-refractivity contribution in [2.24, 2.45) is 9.98 Å². The molecule has 0 aliphatic carbocycles. The first-order chi connectivity index (χ1) is 4.97. The average molecular weight is 243 g/mol. The zero-order chi connectivity index (χ0) is 6.81. The van der Waals surface area contributed by atoms with Crippen LogP contribution in [0.25, 0.3) is 0 Å². The summed E-state index contributed by atoms with van der Waals surface area (Å²) in [7, 11) is 0. The van der Waals surface area contributed by atoms with E-state index in [-0.39, 0.29) is 37.2 Å². The lowest BCUT2D eigenvalue weighted by Gasteiger charge is -2.22. The minimum atomic E-state index is 0. The quantitative estimate of drug-likeness (QED) is 0.639.